The molecule has 0 amide bonds. The molecular formula is C19H11F6N5. The van der Waals surface area contributed by atoms with Crippen LogP contribution in [0, 0.1) is 0 Å². The number of alkyl halides is 6. The van der Waals surface area contributed by atoms with Crippen molar-refractivity contribution in [2.75, 3.05) is 0 Å². The Hall–Kier alpha value is -3.63. The lowest BCUT2D eigenvalue weighted by molar-refractivity contribution is -0.142. The number of nitrogens with one attached hydrogen (secondary N) is 2. The number of aromatic amines is 2. The van der Waals surface area contributed by atoms with Gasteiger partial charge in [-0.05, 0) is 36.4 Å². The maximum absolute atomic E-state index is 13.4. The quantitative estimate of drug-likeness (QED) is 0.424. The van der Waals surface area contributed by atoms with Crippen molar-refractivity contribution in [1.82, 2.24) is 25.4 Å². The third kappa shape index (κ3) is 3.78. The van der Waals surface area contributed by atoms with E-state index in [9.17, 15) is 26.3 Å². The molecule has 3 heterocycles. The predicted molar refractivity (Wildman–Crippen MR) is 94.8 cm³/mol. The molecule has 1 aromatic carbocycles. The van der Waals surface area contributed by atoms with E-state index in [0.29, 0.717) is 23.1 Å². The van der Waals surface area contributed by atoms with E-state index in [1.807, 2.05) is 0 Å². The molecule has 3 aromatic heterocycles. The van der Waals surface area contributed by atoms with Gasteiger partial charge < -0.3 is 0 Å². The molecule has 0 saturated carbocycles. The Morgan fingerprint density at radius 1 is 0.733 bits per heavy atom. The second-order valence-electron chi connectivity index (χ2n) is 6.33. The molecule has 5 nitrogen and oxygen atoms in total. The van der Waals surface area contributed by atoms with Crippen LogP contribution in [0.2, 0.25) is 0 Å². The average Bonchev–Trinajstić information content (AvgIpc) is 3.36. The Morgan fingerprint density at radius 2 is 1.40 bits per heavy atom. The van der Waals surface area contributed by atoms with Crippen LogP contribution in [0.25, 0.3) is 33.9 Å². The fraction of sp³-hybridized carbons (Fsp3) is 0.105. The summed E-state index contributed by atoms with van der Waals surface area (Å²) in [4.78, 5) is 3.98. The summed E-state index contributed by atoms with van der Waals surface area (Å²) in [6.45, 7) is 0. The van der Waals surface area contributed by atoms with Gasteiger partial charge in [0, 0.05) is 23.5 Å². The van der Waals surface area contributed by atoms with E-state index >= 15 is 0 Å². The van der Waals surface area contributed by atoms with Crippen molar-refractivity contribution in [2.24, 2.45) is 0 Å². The summed E-state index contributed by atoms with van der Waals surface area (Å²) in [6.07, 6.45) is -6.69. The molecule has 0 saturated heterocycles. The Morgan fingerprint density at radius 3 is 2.00 bits per heavy atom. The van der Waals surface area contributed by atoms with E-state index < -0.39 is 29.0 Å². The topological polar surface area (TPSA) is 70.2 Å². The normalized spacial score (nSPS) is 12.3. The lowest BCUT2D eigenvalue weighted by atomic mass is 10.00. The number of aromatic nitrogens is 5. The van der Waals surface area contributed by atoms with E-state index in [1.165, 1.54) is 6.07 Å². The van der Waals surface area contributed by atoms with E-state index in [0.717, 1.165) is 11.6 Å². The number of H-pyrrole nitrogens is 2. The molecule has 154 valence electrons. The first-order chi connectivity index (χ1) is 14.1. The predicted octanol–water partition coefficient (Wildman–Crippen LogP) is 5.57. The van der Waals surface area contributed by atoms with Gasteiger partial charge in [0.25, 0.3) is 0 Å². The molecule has 0 aliphatic carbocycles. The zero-order valence-electron chi connectivity index (χ0n) is 14.8. The van der Waals surface area contributed by atoms with Gasteiger partial charge in [-0.25, -0.2) is 0 Å². The Kier molecular flexibility index (Phi) is 4.60. The largest absolute Gasteiger partial charge is 0.417 e. The Balaban J connectivity index is 1.72. The molecule has 11 heteroatoms. The number of hydrogen-bond donors (Lipinski definition) is 2. The maximum atomic E-state index is 13.4. The van der Waals surface area contributed by atoms with Crippen molar-refractivity contribution in [3.63, 3.8) is 0 Å². The molecule has 0 radical (unpaired) electrons. The summed E-state index contributed by atoms with van der Waals surface area (Å²) in [7, 11) is 0. The highest BCUT2D eigenvalue weighted by molar-refractivity contribution is 5.72. The van der Waals surface area contributed by atoms with Crippen molar-refractivity contribution in [2.45, 2.75) is 12.4 Å². The van der Waals surface area contributed by atoms with Crippen LogP contribution in [0.3, 0.4) is 0 Å². The van der Waals surface area contributed by atoms with Gasteiger partial charge in [0.15, 0.2) is 0 Å². The van der Waals surface area contributed by atoms with Gasteiger partial charge in [-0.15, -0.1) is 0 Å². The number of rotatable bonds is 3. The van der Waals surface area contributed by atoms with Crippen LogP contribution in [0.15, 0.2) is 54.9 Å². The smallest absolute Gasteiger partial charge is 0.276 e. The molecule has 2 N–H and O–H groups in total. The summed E-state index contributed by atoms with van der Waals surface area (Å²) >= 11 is 0. The lowest BCUT2D eigenvalue weighted by Crippen LogP contribution is -2.12. The van der Waals surface area contributed by atoms with Crippen LogP contribution in [-0.4, -0.2) is 25.4 Å². The molecule has 0 unspecified atom stereocenters. The zero-order valence-corrected chi connectivity index (χ0v) is 14.8. The van der Waals surface area contributed by atoms with Crippen LogP contribution in [0.4, 0.5) is 26.3 Å². The average molecular weight is 423 g/mol. The number of nitrogens with zero attached hydrogens (tertiary/aromatic N) is 3. The van der Waals surface area contributed by atoms with Crippen LogP contribution >= 0.6 is 0 Å². The summed E-state index contributed by atoms with van der Waals surface area (Å²) in [5, 5.41) is 13.3. The van der Waals surface area contributed by atoms with E-state index in [4.69, 9.17) is 0 Å². The molecule has 0 spiro atoms. The summed E-state index contributed by atoms with van der Waals surface area (Å²) in [5.74, 6) is 0. The second-order valence-corrected chi connectivity index (χ2v) is 6.33. The highest BCUT2D eigenvalue weighted by Crippen LogP contribution is 2.41. The highest BCUT2D eigenvalue weighted by Gasteiger charge is 2.38. The lowest BCUT2D eigenvalue weighted by Gasteiger charge is -2.14. The van der Waals surface area contributed by atoms with Crippen molar-refractivity contribution in [1.29, 1.82) is 0 Å². The zero-order chi connectivity index (χ0) is 21.5. The van der Waals surface area contributed by atoms with Crippen molar-refractivity contribution < 1.29 is 26.3 Å². The van der Waals surface area contributed by atoms with Crippen molar-refractivity contribution in [3.05, 3.63) is 66.0 Å². The first-order valence-corrected chi connectivity index (χ1v) is 8.43. The van der Waals surface area contributed by atoms with Crippen molar-refractivity contribution >= 4 is 0 Å². The molecule has 4 rings (SSSR count). The second kappa shape index (κ2) is 7.01. The molecule has 4 aromatic rings. The van der Waals surface area contributed by atoms with Gasteiger partial charge in [-0.2, -0.15) is 36.5 Å². The van der Waals surface area contributed by atoms with Gasteiger partial charge in [0.2, 0.25) is 0 Å². The van der Waals surface area contributed by atoms with Crippen LogP contribution < -0.4 is 0 Å². The first-order valence-electron chi connectivity index (χ1n) is 8.43. The molecule has 30 heavy (non-hydrogen) atoms. The van der Waals surface area contributed by atoms with Crippen LogP contribution in [0.1, 0.15) is 11.1 Å². The van der Waals surface area contributed by atoms with Gasteiger partial charge in [0.05, 0.1) is 33.9 Å². The molecule has 0 aliphatic heterocycles. The molecule has 0 atom stereocenters. The molecule has 0 fully saturated rings. The fourth-order valence-electron chi connectivity index (χ4n) is 2.90. The minimum atomic E-state index is -4.99. The monoisotopic (exact) mass is 423 g/mol. The minimum Gasteiger partial charge on any atom is -0.276 e. The van der Waals surface area contributed by atoms with Gasteiger partial charge >= 0.3 is 12.4 Å². The van der Waals surface area contributed by atoms with Crippen molar-refractivity contribution in [3.8, 4) is 33.9 Å². The Bertz CT molecular complexity index is 1170. The third-order valence-electron chi connectivity index (χ3n) is 4.33. The maximum Gasteiger partial charge on any atom is 0.417 e. The summed E-state index contributed by atoms with van der Waals surface area (Å²) in [5.41, 5.74) is -1.39. The summed E-state index contributed by atoms with van der Waals surface area (Å²) < 4.78 is 78.7. The van der Waals surface area contributed by atoms with Crippen LogP contribution in [0.5, 0.6) is 0 Å². The van der Waals surface area contributed by atoms with E-state index in [1.54, 1.807) is 30.6 Å². The number of pyridine rings is 1. The number of hydrogen-bond acceptors (Lipinski definition) is 3. The van der Waals surface area contributed by atoms with E-state index in [-0.39, 0.29) is 11.8 Å². The molecule has 0 aliphatic rings. The Labute approximate surface area is 164 Å². The van der Waals surface area contributed by atoms with Gasteiger partial charge in [-0.1, -0.05) is 6.07 Å². The highest BCUT2D eigenvalue weighted by atomic mass is 19.4. The third-order valence-corrected chi connectivity index (χ3v) is 4.33. The summed E-state index contributed by atoms with van der Waals surface area (Å²) in [6, 6.07) is 7.89. The van der Waals surface area contributed by atoms with E-state index in [2.05, 4.69) is 25.4 Å². The van der Waals surface area contributed by atoms with Crippen LogP contribution in [-0.2, 0) is 12.4 Å². The fourth-order valence-corrected chi connectivity index (χ4v) is 2.90. The minimum absolute atomic E-state index is 0.0837. The molecule has 0 bridgehead atoms. The first kappa shape index (κ1) is 19.7. The van der Waals surface area contributed by atoms with Gasteiger partial charge in [-0.3, -0.25) is 15.2 Å². The standard InChI is InChI=1S/C19H11F6N5/c20-18(21,22)11-3-4-12(13(6-11)19(23,24)25)15-8-17(30-28-15)16-7-14(27-29-16)10-2-1-5-26-9-10/h1-9H,(H,27,29)(H,28,30). The number of benzene rings is 1. The van der Waals surface area contributed by atoms with Gasteiger partial charge in [0.1, 0.15) is 0 Å². The molecular weight excluding hydrogens is 412 g/mol. The number of halogens is 6. The SMILES string of the molecule is FC(F)(F)c1ccc(-c2cc(-c3cc(-c4cccnc4)n[nH]3)[nH]n2)c(C(F)(F)F)c1.